The van der Waals surface area contributed by atoms with Crippen LogP contribution in [0.25, 0.3) is 0 Å². The highest BCUT2D eigenvalue weighted by Crippen LogP contribution is 2.48. The van der Waals surface area contributed by atoms with Crippen molar-refractivity contribution in [1.29, 1.82) is 0 Å². The van der Waals surface area contributed by atoms with E-state index in [1.165, 1.54) is 20.8 Å². The summed E-state index contributed by atoms with van der Waals surface area (Å²) in [6, 6.07) is -0.334. The average Bonchev–Trinajstić information content (AvgIpc) is 3.19. The number of carbonyl (C=O) groups is 3. The first-order chi connectivity index (χ1) is 14.1. The molecule has 4 heterocycles. The molecule has 0 aromatic heterocycles. The summed E-state index contributed by atoms with van der Waals surface area (Å²) in [6.07, 6.45) is -4.07. The number of ether oxygens (including phenoxy) is 6. The first-order valence-electron chi connectivity index (χ1n) is 9.98. The minimum absolute atomic E-state index is 0.180. The van der Waals surface area contributed by atoms with Gasteiger partial charge in [-0.1, -0.05) is 0 Å². The molecule has 11 nitrogen and oxygen atoms in total. The van der Waals surface area contributed by atoms with Crippen molar-refractivity contribution in [3.05, 3.63) is 0 Å². The largest absolute Gasteiger partial charge is 0.463 e. The van der Waals surface area contributed by atoms with Gasteiger partial charge >= 0.3 is 17.9 Å². The van der Waals surface area contributed by atoms with Gasteiger partial charge < -0.3 is 28.4 Å². The van der Waals surface area contributed by atoms with Crippen LogP contribution < -0.4 is 0 Å². The third-order valence-corrected chi connectivity index (χ3v) is 5.63. The first-order valence-corrected chi connectivity index (χ1v) is 9.98. The fourth-order valence-corrected chi connectivity index (χ4v) is 4.80. The molecule has 8 atom stereocenters. The molecule has 0 amide bonds. The van der Waals surface area contributed by atoms with Gasteiger partial charge in [-0.25, -0.2) is 0 Å². The highest BCUT2D eigenvalue weighted by molar-refractivity contribution is 5.67. The van der Waals surface area contributed by atoms with Crippen molar-refractivity contribution in [3.8, 4) is 0 Å². The van der Waals surface area contributed by atoms with Gasteiger partial charge in [-0.05, 0) is 13.8 Å². The monoisotopic (exact) mass is 429 g/mol. The Kier molecular flexibility index (Phi) is 5.52. The molecule has 0 bridgehead atoms. The summed E-state index contributed by atoms with van der Waals surface area (Å²) in [5.74, 6) is -2.88. The van der Waals surface area contributed by atoms with Gasteiger partial charge in [0.15, 0.2) is 24.3 Å². The highest BCUT2D eigenvalue weighted by Gasteiger charge is 2.66. The second-order valence-corrected chi connectivity index (χ2v) is 8.41. The Hall–Kier alpha value is -1.79. The van der Waals surface area contributed by atoms with Crippen molar-refractivity contribution in [1.82, 2.24) is 5.06 Å². The van der Waals surface area contributed by atoms with Crippen molar-refractivity contribution >= 4 is 17.9 Å². The number of fused-ring (bicyclic) bond motifs is 5. The number of carbonyl (C=O) groups excluding carboxylic acids is 3. The van der Waals surface area contributed by atoms with E-state index in [4.69, 9.17) is 33.3 Å². The molecular weight excluding hydrogens is 402 g/mol. The van der Waals surface area contributed by atoms with E-state index in [0.717, 1.165) is 0 Å². The number of hydrogen-bond acceptors (Lipinski definition) is 11. The lowest BCUT2D eigenvalue weighted by atomic mass is 9.83. The Bertz CT molecular complexity index is 726. The van der Waals surface area contributed by atoms with Gasteiger partial charge in [0.25, 0.3) is 0 Å². The summed E-state index contributed by atoms with van der Waals surface area (Å²) in [4.78, 5) is 41.0. The fraction of sp³-hybridized carbons (Fsp3) is 0.842. The number of hydroxylamine groups is 2. The molecular formula is C19H27NO10. The number of rotatable bonds is 4. The summed E-state index contributed by atoms with van der Waals surface area (Å²) in [6.45, 7) is 7.73. The van der Waals surface area contributed by atoms with Crippen molar-refractivity contribution in [2.24, 2.45) is 5.92 Å². The third-order valence-electron chi connectivity index (χ3n) is 5.63. The maximum Gasteiger partial charge on any atom is 0.303 e. The standard InChI is InChI=1S/C19H27NO10/c1-8(21)24-7-12-16(25-9(2)22)17(26-10(3)23)13-14-15-11(28-19(4,5)29-15)6-20(14)30-18(13)27-12/h11-18H,6-7H2,1-5H3/t11-,12+,13+,14+,15-,16+,17+,18+/m0/s1. The summed E-state index contributed by atoms with van der Waals surface area (Å²) in [7, 11) is 0. The normalized spacial score (nSPS) is 41.5. The first kappa shape index (κ1) is 21.4. The third kappa shape index (κ3) is 3.92. The van der Waals surface area contributed by atoms with Crippen LogP contribution in [0.1, 0.15) is 34.6 Å². The molecule has 4 rings (SSSR count). The second kappa shape index (κ2) is 7.72. The van der Waals surface area contributed by atoms with E-state index in [2.05, 4.69) is 0 Å². The predicted octanol–water partition coefficient (Wildman–Crippen LogP) is -0.0965. The summed E-state index contributed by atoms with van der Waals surface area (Å²) in [5, 5.41) is 1.72. The Morgan fingerprint density at radius 1 is 1.00 bits per heavy atom. The van der Waals surface area contributed by atoms with Crippen LogP contribution in [0.15, 0.2) is 0 Å². The second-order valence-electron chi connectivity index (χ2n) is 8.41. The number of nitrogens with zero attached hydrogens (tertiary/aromatic N) is 1. The van der Waals surface area contributed by atoms with Gasteiger partial charge in [-0.3, -0.25) is 19.2 Å². The van der Waals surface area contributed by atoms with E-state index in [9.17, 15) is 14.4 Å². The van der Waals surface area contributed by atoms with Crippen LogP contribution in [-0.2, 0) is 47.6 Å². The lowest BCUT2D eigenvalue weighted by molar-refractivity contribution is -0.304. The zero-order valence-corrected chi connectivity index (χ0v) is 17.6. The highest BCUT2D eigenvalue weighted by atomic mass is 16.8. The Morgan fingerprint density at radius 3 is 2.30 bits per heavy atom. The van der Waals surface area contributed by atoms with Gasteiger partial charge in [0, 0.05) is 20.8 Å². The molecule has 30 heavy (non-hydrogen) atoms. The van der Waals surface area contributed by atoms with Crippen molar-refractivity contribution < 1.29 is 47.6 Å². The maximum atomic E-state index is 11.9. The summed E-state index contributed by atoms with van der Waals surface area (Å²) in [5.41, 5.74) is 0. The Balaban J connectivity index is 1.64. The quantitative estimate of drug-likeness (QED) is 0.440. The Labute approximate surface area is 173 Å². The molecule has 0 aromatic rings. The van der Waals surface area contributed by atoms with E-state index >= 15 is 0 Å². The zero-order chi connectivity index (χ0) is 21.8. The SMILES string of the molecule is CC(=O)OC[C@H]1O[C@@H]2ON3C[C@@H]4OC(C)(C)O[C@@H]4[C@H]3[C@@H]2[C@@H](OC(C)=O)[C@@H]1OC(C)=O. The molecule has 168 valence electrons. The Morgan fingerprint density at radius 2 is 1.67 bits per heavy atom. The minimum Gasteiger partial charge on any atom is -0.463 e. The molecule has 11 heteroatoms. The molecule has 0 N–H and O–H groups in total. The van der Waals surface area contributed by atoms with Crippen LogP contribution >= 0.6 is 0 Å². The van der Waals surface area contributed by atoms with Gasteiger partial charge in [-0.2, -0.15) is 5.06 Å². The molecule has 0 aromatic carbocycles. The number of hydrogen-bond donors (Lipinski definition) is 0. The van der Waals surface area contributed by atoms with Crippen LogP contribution in [0.5, 0.6) is 0 Å². The zero-order valence-electron chi connectivity index (χ0n) is 17.6. The van der Waals surface area contributed by atoms with Gasteiger partial charge in [-0.15, -0.1) is 0 Å². The maximum absolute atomic E-state index is 11.9. The summed E-state index contributed by atoms with van der Waals surface area (Å²) < 4.78 is 34.2. The topological polar surface area (TPSA) is 119 Å². The van der Waals surface area contributed by atoms with Crippen molar-refractivity contribution in [3.63, 3.8) is 0 Å². The minimum atomic E-state index is -0.982. The van der Waals surface area contributed by atoms with E-state index in [1.807, 2.05) is 13.8 Å². The molecule has 0 unspecified atom stereocenters. The predicted molar refractivity (Wildman–Crippen MR) is 95.3 cm³/mol. The van der Waals surface area contributed by atoms with Crippen LogP contribution in [0.2, 0.25) is 0 Å². The molecule has 4 aliphatic rings. The van der Waals surface area contributed by atoms with Gasteiger partial charge in [0.2, 0.25) is 0 Å². The van der Waals surface area contributed by atoms with Crippen LogP contribution in [0, 0.1) is 5.92 Å². The lowest BCUT2D eigenvalue weighted by Gasteiger charge is -2.43. The average molecular weight is 429 g/mol. The molecule has 0 radical (unpaired) electrons. The van der Waals surface area contributed by atoms with Crippen LogP contribution in [0.3, 0.4) is 0 Å². The van der Waals surface area contributed by atoms with Crippen molar-refractivity contribution in [2.45, 2.75) is 83.3 Å². The van der Waals surface area contributed by atoms with E-state index in [-0.39, 0.29) is 24.9 Å². The molecule has 4 saturated heterocycles. The van der Waals surface area contributed by atoms with E-state index < -0.39 is 54.2 Å². The van der Waals surface area contributed by atoms with Crippen LogP contribution in [0.4, 0.5) is 0 Å². The molecule has 0 saturated carbocycles. The number of esters is 3. The lowest BCUT2D eigenvalue weighted by Crippen LogP contribution is -2.60. The van der Waals surface area contributed by atoms with Crippen LogP contribution in [-0.4, -0.2) is 84.8 Å². The fourth-order valence-electron chi connectivity index (χ4n) is 4.80. The van der Waals surface area contributed by atoms with E-state index in [0.29, 0.717) is 6.54 Å². The smallest absolute Gasteiger partial charge is 0.303 e. The van der Waals surface area contributed by atoms with E-state index in [1.54, 1.807) is 5.06 Å². The van der Waals surface area contributed by atoms with Crippen molar-refractivity contribution in [2.75, 3.05) is 13.2 Å². The molecule has 0 spiro atoms. The summed E-state index contributed by atoms with van der Waals surface area (Å²) >= 11 is 0. The molecule has 0 aliphatic carbocycles. The van der Waals surface area contributed by atoms with Gasteiger partial charge in [0.1, 0.15) is 24.9 Å². The van der Waals surface area contributed by atoms with Gasteiger partial charge in [0.05, 0.1) is 18.5 Å². The molecule has 4 aliphatic heterocycles. The molecule has 4 fully saturated rings.